The summed E-state index contributed by atoms with van der Waals surface area (Å²) in [6.45, 7) is 0.858. The monoisotopic (exact) mass is 188 g/mol. The number of carbonyl (C=O) groups is 1. The molecule has 1 rings (SSSR count). The first-order valence-corrected chi connectivity index (χ1v) is 4.38. The van der Waals surface area contributed by atoms with Gasteiger partial charge in [-0.2, -0.15) is 0 Å². The summed E-state index contributed by atoms with van der Waals surface area (Å²) in [6, 6.07) is -0.194. The van der Waals surface area contributed by atoms with Crippen LogP contribution >= 0.6 is 12.2 Å². The average Bonchev–Trinajstić information content (AvgIpc) is 2.16. The highest BCUT2D eigenvalue weighted by Crippen LogP contribution is 2.05. The number of carboxylic acid groups (broad SMARTS) is 1. The second-order valence-electron chi connectivity index (χ2n) is 2.79. The number of hydrogen-bond acceptors (Lipinski definition) is 2. The van der Waals surface area contributed by atoms with Crippen LogP contribution in [0.15, 0.2) is 0 Å². The Morgan fingerprint density at radius 1 is 1.67 bits per heavy atom. The summed E-state index contributed by atoms with van der Waals surface area (Å²) in [6.07, 6.45) is 1.86. The SMILES string of the molecule is O=C(O)NC1CCCCNC1=S. The highest BCUT2D eigenvalue weighted by molar-refractivity contribution is 7.80. The van der Waals surface area contributed by atoms with E-state index in [-0.39, 0.29) is 6.04 Å². The molecule has 0 aromatic rings. The van der Waals surface area contributed by atoms with E-state index < -0.39 is 6.09 Å². The van der Waals surface area contributed by atoms with E-state index in [1.165, 1.54) is 0 Å². The Labute approximate surface area is 76.3 Å². The van der Waals surface area contributed by atoms with E-state index in [4.69, 9.17) is 17.3 Å². The quantitative estimate of drug-likeness (QED) is 0.531. The Bertz CT molecular complexity index is 196. The third-order valence-electron chi connectivity index (χ3n) is 1.83. The van der Waals surface area contributed by atoms with Crippen LogP contribution in [-0.4, -0.2) is 28.8 Å². The van der Waals surface area contributed by atoms with Crippen LogP contribution in [0.25, 0.3) is 0 Å². The van der Waals surface area contributed by atoms with Gasteiger partial charge in [-0.25, -0.2) is 4.79 Å². The zero-order valence-electron chi connectivity index (χ0n) is 6.67. The lowest BCUT2D eigenvalue weighted by Gasteiger charge is -2.14. The lowest BCUT2D eigenvalue weighted by atomic mass is 10.1. The first-order chi connectivity index (χ1) is 5.70. The molecule has 0 aromatic carbocycles. The standard InChI is InChI=1S/C7H12N2O2S/c10-7(11)9-5-3-1-2-4-8-6(5)12/h5,9H,1-4H2,(H,8,12)(H,10,11). The highest BCUT2D eigenvalue weighted by Gasteiger charge is 2.18. The summed E-state index contributed by atoms with van der Waals surface area (Å²) in [5, 5.41) is 13.9. The molecule has 1 unspecified atom stereocenters. The van der Waals surface area contributed by atoms with Crippen molar-refractivity contribution < 1.29 is 9.90 Å². The van der Waals surface area contributed by atoms with Crippen LogP contribution in [0.4, 0.5) is 4.79 Å². The molecule has 4 nitrogen and oxygen atoms in total. The summed E-state index contributed by atoms with van der Waals surface area (Å²) in [5.41, 5.74) is 0. The molecule has 1 saturated heterocycles. The van der Waals surface area contributed by atoms with Crippen LogP contribution < -0.4 is 10.6 Å². The molecule has 0 bridgehead atoms. The van der Waals surface area contributed by atoms with Crippen molar-refractivity contribution in [2.45, 2.75) is 25.3 Å². The van der Waals surface area contributed by atoms with Gasteiger partial charge in [-0.1, -0.05) is 12.2 Å². The molecule has 0 aliphatic carbocycles. The predicted molar refractivity (Wildman–Crippen MR) is 49.4 cm³/mol. The third kappa shape index (κ3) is 2.65. The van der Waals surface area contributed by atoms with Crippen molar-refractivity contribution in [3.63, 3.8) is 0 Å². The summed E-state index contributed by atoms with van der Waals surface area (Å²) in [7, 11) is 0. The van der Waals surface area contributed by atoms with Crippen molar-refractivity contribution in [3.05, 3.63) is 0 Å². The number of hydrogen-bond donors (Lipinski definition) is 3. The van der Waals surface area contributed by atoms with Crippen molar-refractivity contribution >= 4 is 23.3 Å². The van der Waals surface area contributed by atoms with Gasteiger partial charge in [0.25, 0.3) is 0 Å². The first-order valence-electron chi connectivity index (χ1n) is 3.97. The lowest BCUT2D eigenvalue weighted by molar-refractivity contribution is 0.192. The van der Waals surface area contributed by atoms with Crippen LogP contribution in [-0.2, 0) is 0 Å². The van der Waals surface area contributed by atoms with Gasteiger partial charge in [-0.3, -0.25) is 0 Å². The second kappa shape index (κ2) is 4.25. The molecule has 1 amide bonds. The molecule has 5 heteroatoms. The van der Waals surface area contributed by atoms with Crippen molar-refractivity contribution in [1.82, 2.24) is 10.6 Å². The molecule has 12 heavy (non-hydrogen) atoms. The molecule has 68 valence electrons. The summed E-state index contributed by atoms with van der Waals surface area (Å²) < 4.78 is 0. The van der Waals surface area contributed by atoms with Gasteiger partial charge in [-0.15, -0.1) is 0 Å². The number of nitrogens with one attached hydrogen (secondary N) is 2. The summed E-state index contributed by atoms with van der Waals surface area (Å²) in [4.78, 5) is 10.9. The van der Waals surface area contributed by atoms with Crippen LogP contribution in [0, 0.1) is 0 Å². The van der Waals surface area contributed by atoms with Gasteiger partial charge in [0.2, 0.25) is 0 Å². The highest BCUT2D eigenvalue weighted by atomic mass is 32.1. The molecule has 1 aliphatic heterocycles. The molecule has 0 saturated carbocycles. The minimum absolute atomic E-state index is 0.194. The maximum Gasteiger partial charge on any atom is 0.405 e. The predicted octanol–water partition coefficient (Wildman–Crippen LogP) is 0.723. The molecular formula is C7H12N2O2S. The first kappa shape index (κ1) is 9.25. The molecule has 0 spiro atoms. The van der Waals surface area contributed by atoms with Crippen LogP contribution in [0.2, 0.25) is 0 Å². The number of amides is 1. The van der Waals surface area contributed by atoms with Gasteiger partial charge in [0.05, 0.1) is 11.0 Å². The fraction of sp³-hybridized carbons (Fsp3) is 0.714. The molecule has 1 heterocycles. The van der Waals surface area contributed by atoms with Gasteiger partial charge < -0.3 is 15.7 Å². The molecule has 1 fully saturated rings. The average molecular weight is 188 g/mol. The van der Waals surface area contributed by atoms with Gasteiger partial charge in [0, 0.05) is 6.54 Å². The van der Waals surface area contributed by atoms with Crippen molar-refractivity contribution in [2.24, 2.45) is 0 Å². The van der Waals surface area contributed by atoms with E-state index in [0.29, 0.717) is 4.99 Å². The maximum absolute atomic E-state index is 10.3. The zero-order chi connectivity index (χ0) is 8.97. The Kier molecular flexibility index (Phi) is 3.28. The van der Waals surface area contributed by atoms with Gasteiger partial charge in [0.15, 0.2) is 0 Å². The van der Waals surface area contributed by atoms with Crippen LogP contribution in [0.1, 0.15) is 19.3 Å². The molecule has 1 aliphatic rings. The minimum atomic E-state index is -1.01. The normalized spacial score (nSPS) is 24.0. The van der Waals surface area contributed by atoms with Crippen LogP contribution in [0.3, 0.4) is 0 Å². The zero-order valence-corrected chi connectivity index (χ0v) is 7.49. The number of thiocarbonyl (C=S) groups is 1. The smallest absolute Gasteiger partial charge is 0.405 e. The minimum Gasteiger partial charge on any atom is -0.465 e. The van der Waals surface area contributed by atoms with Crippen LogP contribution in [0.5, 0.6) is 0 Å². The third-order valence-corrected chi connectivity index (χ3v) is 2.26. The lowest BCUT2D eigenvalue weighted by Crippen LogP contribution is -2.43. The van der Waals surface area contributed by atoms with E-state index >= 15 is 0 Å². The van der Waals surface area contributed by atoms with Crippen molar-refractivity contribution in [2.75, 3.05) is 6.54 Å². The second-order valence-corrected chi connectivity index (χ2v) is 3.23. The molecular weight excluding hydrogens is 176 g/mol. The molecule has 3 N–H and O–H groups in total. The Morgan fingerprint density at radius 3 is 3.08 bits per heavy atom. The van der Waals surface area contributed by atoms with E-state index in [2.05, 4.69) is 10.6 Å². The Morgan fingerprint density at radius 2 is 2.42 bits per heavy atom. The van der Waals surface area contributed by atoms with Gasteiger partial charge in [0.1, 0.15) is 0 Å². The van der Waals surface area contributed by atoms with E-state index in [0.717, 1.165) is 25.8 Å². The van der Waals surface area contributed by atoms with E-state index in [1.807, 2.05) is 0 Å². The van der Waals surface area contributed by atoms with Crippen molar-refractivity contribution in [1.29, 1.82) is 0 Å². The molecule has 1 atom stereocenters. The van der Waals surface area contributed by atoms with E-state index in [9.17, 15) is 4.79 Å². The summed E-state index contributed by atoms with van der Waals surface area (Å²) in [5.74, 6) is 0. The molecule has 0 aromatic heterocycles. The largest absolute Gasteiger partial charge is 0.465 e. The van der Waals surface area contributed by atoms with Gasteiger partial charge in [-0.05, 0) is 19.3 Å². The summed E-state index contributed by atoms with van der Waals surface area (Å²) >= 11 is 5.00. The Balaban J connectivity index is 2.47. The Hall–Kier alpha value is -0.840. The molecule has 0 radical (unpaired) electrons. The fourth-order valence-corrected chi connectivity index (χ4v) is 1.50. The van der Waals surface area contributed by atoms with Crippen molar-refractivity contribution in [3.8, 4) is 0 Å². The fourth-order valence-electron chi connectivity index (χ4n) is 1.23. The maximum atomic E-state index is 10.3. The number of rotatable bonds is 1. The van der Waals surface area contributed by atoms with Gasteiger partial charge >= 0.3 is 6.09 Å². The van der Waals surface area contributed by atoms with E-state index in [1.54, 1.807) is 0 Å². The topological polar surface area (TPSA) is 61.4 Å².